The van der Waals surface area contributed by atoms with Gasteiger partial charge in [0.2, 0.25) is 0 Å². The Morgan fingerprint density at radius 3 is 2.79 bits per heavy atom. The van der Waals surface area contributed by atoms with Gasteiger partial charge < -0.3 is 15.4 Å². The molecule has 34 heavy (non-hydrogen) atoms. The maximum Gasteiger partial charge on any atom is 0.251 e. The van der Waals surface area contributed by atoms with Crippen LogP contribution in [0.1, 0.15) is 33.5 Å². The Morgan fingerprint density at radius 1 is 1.15 bits per heavy atom. The first-order valence-electron chi connectivity index (χ1n) is 11.6. The van der Waals surface area contributed by atoms with Crippen LogP contribution < -0.4 is 15.4 Å². The predicted octanol–water partition coefficient (Wildman–Crippen LogP) is 3.71. The molecular formula is C28H28N4O2. The molecule has 6 heteroatoms. The predicted molar refractivity (Wildman–Crippen MR) is 131 cm³/mol. The maximum absolute atomic E-state index is 12.6. The van der Waals surface area contributed by atoms with Gasteiger partial charge in [0, 0.05) is 49.4 Å². The lowest BCUT2D eigenvalue weighted by Crippen LogP contribution is -2.42. The number of carbonyl (C=O) groups excluding carboxylic acids is 1. The first-order chi connectivity index (χ1) is 16.6. The van der Waals surface area contributed by atoms with E-state index in [0.29, 0.717) is 29.8 Å². The highest BCUT2D eigenvalue weighted by Crippen LogP contribution is 2.32. The van der Waals surface area contributed by atoms with Crippen LogP contribution in [-0.2, 0) is 13.1 Å². The zero-order valence-corrected chi connectivity index (χ0v) is 19.3. The molecule has 1 amide bonds. The molecule has 2 aliphatic heterocycles. The van der Waals surface area contributed by atoms with Gasteiger partial charge in [-0.25, -0.2) is 0 Å². The van der Waals surface area contributed by atoms with Crippen LogP contribution in [0.15, 0.2) is 66.7 Å². The van der Waals surface area contributed by atoms with Crippen molar-refractivity contribution in [1.82, 2.24) is 15.5 Å². The quantitative estimate of drug-likeness (QED) is 0.572. The number of nitrogens with zero attached hydrogens (tertiary/aromatic N) is 2. The number of carbonyl (C=O) groups is 1. The molecule has 3 aromatic rings. The number of piperazine rings is 1. The molecule has 0 aromatic heterocycles. The number of hydrogen-bond acceptors (Lipinski definition) is 5. The van der Waals surface area contributed by atoms with Crippen LogP contribution in [0.5, 0.6) is 5.75 Å². The van der Waals surface area contributed by atoms with Crippen molar-refractivity contribution in [3.05, 3.63) is 89.0 Å². The molecule has 2 bridgehead atoms. The standard InChI is InChI=1S/C28H28N4O2/c1-34-27-9-8-20(15-31-28(33)23-7-2-4-19(10-23)14-29)12-26(27)22-6-3-5-21(11-22)17-32-18-24-13-25(32)16-30-24/h2-12,24-25,30H,13,15-18H2,1H3,(H,31,33)/t24-,25+/m0/s1. The third-order valence-electron chi connectivity index (χ3n) is 6.76. The van der Waals surface area contributed by atoms with Crippen LogP contribution in [-0.4, -0.2) is 43.1 Å². The Hall–Kier alpha value is -3.66. The zero-order valence-electron chi connectivity index (χ0n) is 19.3. The van der Waals surface area contributed by atoms with E-state index in [1.54, 1.807) is 31.4 Å². The second-order valence-electron chi connectivity index (χ2n) is 9.03. The number of likely N-dealkylation sites (tertiary alicyclic amines) is 1. The molecule has 5 rings (SSSR count). The van der Waals surface area contributed by atoms with Gasteiger partial charge in [0.05, 0.1) is 18.7 Å². The number of methoxy groups -OCH3 is 1. The van der Waals surface area contributed by atoms with Crippen molar-refractivity contribution in [3.8, 4) is 22.9 Å². The second-order valence-corrected chi connectivity index (χ2v) is 9.03. The van der Waals surface area contributed by atoms with Gasteiger partial charge in [-0.1, -0.05) is 30.3 Å². The number of nitriles is 1. The van der Waals surface area contributed by atoms with Crippen molar-refractivity contribution in [2.24, 2.45) is 0 Å². The molecule has 172 valence electrons. The van der Waals surface area contributed by atoms with Crippen molar-refractivity contribution < 1.29 is 9.53 Å². The Bertz CT molecular complexity index is 1250. The minimum absolute atomic E-state index is 0.203. The molecular weight excluding hydrogens is 424 g/mol. The van der Waals surface area contributed by atoms with Gasteiger partial charge in [-0.2, -0.15) is 5.26 Å². The Morgan fingerprint density at radius 2 is 2.03 bits per heavy atom. The number of hydrogen-bond donors (Lipinski definition) is 2. The molecule has 2 N–H and O–H groups in total. The van der Waals surface area contributed by atoms with Crippen LogP contribution >= 0.6 is 0 Å². The third-order valence-corrected chi connectivity index (χ3v) is 6.76. The zero-order chi connectivity index (χ0) is 23.5. The number of amides is 1. The van der Waals surface area contributed by atoms with Crippen LogP contribution in [0, 0.1) is 11.3 Å². The van der Waals surface area contributed by atoms with E-state index < -0.39 is 0 Å². The minimum Gasteiger partial charge on any atom is -0.496 e. The van der Waals surface area contributed by atoms with Gasteiger partial charge in [-0.05, 0) is 59.5 Å². The molecule has 3 aromatic carbocycles. The first-order valence-corrected chi connectivity index (χ1v) is 11.6. The summed E-state index contributed by atoms with van der Waals surface area (Å²) in [4.78, 5) is 15.1. The summed E-state index contributed by atoms with van der Waals surface area (Å²) in [7, 11) is 1.68. The summed E-state index contributed by atoms with van der Waals surface area (Å²) in [6.07, 6.45) is 1.25. The lowest BCUT2D eigenvalue weighted by molar-refractivity contribution is 0.0951. The van der Waals surface area contributed by atoms with Crippen LogP contribution in [0.25, 0.3) is 11.1 Å². The summed E-state index contributed by atoms with van der Waals surface area (Å²) < 4.78 is 5.65. The van der Waals surface area contributed by atoms with E-state index in [-0.39, 0.29) is 5.91 Å². The summed E-state index contributed by atoms with van der Waals surface area (Å²) in [5.74, 6) is 0.601. The molecule has 0 saturated carbocycles. The molecule has 2 atom stereocenters. The third kappa shape index (κ3) is 4.67. The fourth-order valence-corrected chi connectivity index (χ4v) is 5.02. The van der Waals surface area contributed by atoms with Gasteiger partial charge in [-0.3, -0.25) is 9.69 Å². The van der Waals surface area contributed by atoms with Crippen LogP contribution in [0.4, 0.5) is 0 Å². The summed E-state index contributed by atoms with van der Waals surface area (Å²) in [5.41, 5.74) is 5.33. The van der Waals surface area contributed by atoms with Gasteiger partial charge in [-0.15, -0.1) is 0 Å². The molecule has 2 aliphatic rings. The van der Waals surface area contributed by atoms with E-state index in [4.69, 9.17) is 10.00 Å². The first kappa shape index (κ1) is 22.1. The number of nitrogens with one attached hydrogen (secondary N) is 2. The normalized spacial score (nSPS) is 19.1. The highest BCUT2D eigenvalue weighted by atomic mass is 16.5. The van der Waals surface area contributed by atoms with E-state index in [9.17, 15) is 4.79 Å². The lowest BCUT2D eigenvalue weighted by Gasteiger charge is -2.27. The fourth-order valence-electron chi connectivity index (χ4n) is 5.02. The van der Waals surface area contributed by atoms with Gasteiger partial charge in [0.1, 0.15) is 5.75 Å². The molecule has 2 fully saturated rings. The number of fused-ring (bicyclic) bond motifs is 2. The van der Waals surface area contributed by atoms with Crippen LogP contribution in [0.3, 0.4) is 0 Å². The van der Waals surface area contributed by atoms with Crippen molar-refractivity contribution in [1.29, 1.82) is 5.26 Å². The van der Waals surface area contributed by atoms with E-state index >= 15 is 0 Å². The average molecular weight is 453 g/mol. The average Bonchev–Trinajstić information content (AvgIpc) is 3.51. The highest BCUT2D eigenvalue weighted by molar-refractivity contribution is 5.94. The largest absolute Gasteiger partial charge is 0.496 e. The molecule has 0 unspecified atom stereocenters. The van der Waals surface area contributed by atoms with Crippen molar-refractivity contribution >= 4 is 5.91 Å². The molecule has 0 spiro atoms. The maximum atomic E-state index is 12.6. The number of rotatable bonds is 7. The summed E-state index contributed by atoms with van der Waals surface area (Å²) in [5, 5.41) is 15.6. The van der Waals surface area contributed by atoms with E-state index in [2.05, 4.69) is 51.9 Å². The Labute approximate surface area is 200 Å². The van der Waals surface area contributed by atoms with E-state index in [1.807, 2.05) is 12.1 Å². The molecule has 0 aliphatic carbocycles. The van der Waals surface area contributed by atoms with E-state index in [1.165, 1.54) is 12.0 Å². The summed E-state index contributed by atoms with van der Waals surface area (Å²) in [6, 6.07) is 24.7. The second kappa shape index (κ2) is 9.68. The Kier molecular flexibility index (Phi) is 6.31. The number of benzene rings is 3. The Balaban J connectivity index is 1.32. The lowest BCUT2D eigenvalue weighted by atomic mass is 9.99. The monoisotopic (exact) mass is 452 g/mol. The van der Waals surface area contributed by atoms with E-state index in [0.717, 1.165) is 42.1 Å². The molecule has 6 nitrogen and oxygen atoms in total. The summed E-state index contributed by atoms with van der Waals surface area (Å²) in [6.45, 7) is 3.55. The molecule has 0 radical (unpaired) electrons. The smallest absolute Gasteiger partial charge is 0.251 e. The fraction of sp³-hybridized carbons (Fsp3) is 0.286. The summed E-state index contributed by atoms with van der Waals surface area (Å²) >= 11 is 0. The van der Waals surface area contributed by atoms with Gasteiger partial charge in [0.25, 0.3) is 5.91 Å². The topological polar surface area (TPSA) is 77.4 Å². The van der Waals surface area contributed by atoms with Crippen molar-refractivity contribution in [2.75, 3.05) is 20.2 Å². The minimum atomic E-state index is -0.203. The van der Waals surface area contributed by atoms with Gasteiger partial charge in [0.15, 0.2) is 0 Å². The molecule has 2 saturated heterocycles. The molecule has 2 heterocycles. The van der Waals surface area contributed by atoms with Gasteiger partial charge >= 0.3 is 0 Å². The SMILES string of the molecule is COc1ccc(CNC(=O)c2cccc(C#N)c2)cc1-c1cccc(CN2C[C@@H]3C[C@@H]2CN3)c1. The number of ether oxygens (including phenoxy) is 1. The van der Waals surface area contributed by atoms with Crippen LogP contribution in [0.2, 0.25) is 0 Å². The highest BCUT2D eigenvalue weighted by Gasteiger charge is 2.37. The van der Waals surface area contributed by atoms with Crippen molar-refractivity contribution in [3.63, 3.8) is 0 Å². The van der Waals surface area contributed by atoms with Crippen molar-refractivity contribution in [2.45, 2.75) is 31.6 Å².